The van der Waals surface area contributed by atoms with Gasteiger partial charge in [-0.25, -0.2) is 13.2 Å². The molecule has 2 amide bonds. The molecule has 0 bridgehead atoms. The van der Waals surface area contributed by atoms with Crippen molar-refractivity contribution in [2.45, 2.75) is 6.92 Å². The Labute approximate surface area is 143 Å². The summed E-state index contributed by atoms with van der Waals surface area (Å²) in [5.41, 5.74) is 0.414. The molecule has 0 saturated heterocycles. The minimum absolute atomic E-state index is 0.0936. The smallest absolute Gasteiger partial charge is 0.321 e. The van der Waals surface area contributed by atoms with Crippen LogP contribution in [0.15, 0.2) is 16.6 Å². The fourth-order valence-corrected chi connectivity index (χ4v) is 3.09. The third-order valence-electron chi connectivity index (χ3n) is 2.68. The predicted octanol–water partition coefficient (Wildman–Crippen LogP) is 3.01. The highest BCUT2D eigenvalue weighted by Gasteiger charge is 2.16. The Balaban J connectivity index is 2.87. The maximum atomic E-state index is 12.1. The molecule has 0 heterocycles. The van der Waals surface area contributed by atoms with Crippen molar-refractivity contribution >= 4 is 49.1 Å². The van der Waals surface area contributed by atoms with E-state index in [-0.39, 0.29) is 12.3 Å². The molecule has 22 heavy (non-hydrogen) atoms. The summed E-state index contributed by atoms with van der Waals surface area (Å²) >= 11 is 9.31. The van der Waals surface area contributed by atoms with Gasteiger partial charge in [0.15, 0.2) is 5.75 Å². The number of halogens is 2. The number of amides is 2. The van der Waals surface area contributed by atoms with Crippen molar-refractivity contribution in [1.82, 2.24) is 4.90 Å². The van der Waals surface area contributed by atoms with E-state index in [1.165, 1.54) is 11.9 Å². The lowest BCUT2D eigenvalue weighted by molar-refractivity contribution is 0.224. The van der Waals surface area contributed by atoms with E-state index in [2.05, 4.69) is 21.2 Å². The van der Waals surface area contributed by atoms with Crippen LogP contribution >= 0.6 is 27.5 Å². The van der Waals surface area contributed by atoms with Crippen molar-refractivity contribution in [2.24, 2.45) is 0 Å². The summed E-state index contributed by atoms with van der Waals surface area (Å²) in [5, 5.41) is 3.10. The van der Waals surface area contributed by atoms with Crippen LogP contribution in [0.3, 0.4) is 0 Å². The predicted molar refractivity (Wildman–Crippen MR) is 91.7 cm³/mol. The Morgan fingerprint density at radius 1 is 1.45 bits per heavy atom. The van der Waals surface area contributed by atoms with E-state index in [0.29, 0.717) is 27.5 Å². The average molecular weight is 414 g/mol. The van der Waals surface area contributed by atoms with Gasteiger partial charge in [0.2, 0.25) is 0 Å². The van der Waals surface area contributed by atoms with Crippen LogP contribution in [0.4, 0.5) is 10.5 Å². The molecule has 0 aliphatic carbocycles. The molecule has 0 fully saturated rings. The molecule has 0 saturated carbocycles. The number of benzene rings is 1. The maximum absolute atomic E-state index is 12.1. The Morgan fingerprint density at radius 2 is 2.09 bits per heavy atom. The van der Waals surface area contributed by atoms with Crippen LogP contribution < -0.4 is 10.1 Å². The van der Waals surface area contributed by atoms with Gasteiger partial charge in [-0.05, 0) is 35.0 Å². The Bertz CT molecular complexity index is 652. The number of hydrogen-bond acceptors (Lipinski definition) is 4. The van der Waals surface area contributed by atoms with Crippen LogP contribution in [0.2, 0.25) is 5.02 Å². The van der Waals surface area contributed by atoms with E-state index in [4.69, 9.17) is 16.3 Å². The molecule has 6 nitrogen and oxygen atoms in total. The van der Waals surface area contributed by atoms with Gasteiger partial charge in [0.1, 0.15) is 9.84 Å². The van der Waals surface area contributed by atoms with Gasteiger partial charge in [0.25, 0.3) is 0 Å². The molecule has 1 rings (SSSR count). The van der Waals surface area contributed by atoms with Crippen LogP contribution in [0, 0.1) is 0 Å². The van der Waals surface area contributed by atoms with Crippen LogP contribution in [0.5, 0.6) is 5.75 Å². The number of nitrogens with one attached hydrogen (secondary N) is 1. The number of carbonyl (C=O) groups excluding carboxylic acids is 1. The Hall–Kier alpha value is -0.990. The van der Waals surface area contributed by atoms with E-state index < -0.39 is 15.9 Å². The summed E-state index contributed by atoms with van der Waals surface area (Å²) in [6, 6.07) is 2.79. The maximum Gasteiger partial charge on any atom is 0.321 e. The highest BCUT2D eigenvalue weighted by Crippen LogP contribution is 2.36. The molecule has 1 N–H and O–H groups in total. The van der Waals surface area contributed by atoms with Gasteiger partial charge in [0, 0.05) is 24.9 Å². The molecular weight excluding hydrogens is 396 g/mol. The third-order valence-corrected chi connectivity index (χ3v) is 4.41. The molecule has 0 unspecified atom stereocenters. The summed E-state index contributed by atoms with van der Waals surface area (Å²) in [7, 11) is -1.62. The molecule has 0 aromatic heterocycles. The summed E-state index contributed by atoms with van der Waals surface area (Å²) in [4.78, 5) is 13.4. The number of carbonyl (C=O) groups is 1. The van der Waals surface area contributed by atoms with Gasteiger partial charge in [-0.1, -0.05) is 11.6 Å². The fourth-order valence-electron chi connectivity index (χ4n) is 1.56. The first-order valence-electron chi connectivity index (χ1n) is 6.45. The number of hydrogen-bond donors (Lipinski definition) is 1. The van der Waals surface area contributed by atoms with Gasteiger partial charge in [-0.3, -0.25) is 0 Å². The first-order valence-corrected chi connectivity index (χ1v) is 9.69. The molecule has 124 valence electrons. The van der Waals surface area contributed by atoms with E-state index in [1.807, 2.05) is 6.92 Å². The normalized spacial score (nSPS) is 11.1. The van der Waals surface area contributed by atoms with Gasteiger partial charge < -0.3 is 15.0 Å². The van der Waals surface area contributed by atoms with E-state index in [0.717, 1.165) is 6.26 Å². The second kappa shape index (κ2) is 8.03. The zero-order valence-electron chi connectivity index (χ0n) is 12.5. The van der Waals surface area contributed by atoms with E-state index >= 15 is 0 Å². The standard InChI is InChI=1S/C13H18BrClN2O4S/c1-4-21-12-10(14)7-9(15)8-11(12)16-13(18)17(2)5-6-22(3,19)20/h7-8H,4-6H2,1-3H3,(H,16,18). The number of anilines is 1. The van der Waals surface area contributed by atoms with Gasteiger partial charge in [-0.2, -0.15) is 0 Å². The zero-order chi connectivity index (χ0) is 16.9. The number of ether oxygens (including phenoxy) is 1. The van der Waals surface area contributed by atoms with Gasteiger partial charge in [-0.15, -0.1) is 0 Å². The SMILES string of the molecule is CCOc1c(Br)cc(Cl)cc1NC(=O)N(C)CCS(C)(=O)=O. The average Bonchev–Trinajstić information content (AvgIpc) is 2.39. The van der Waals surface area contributed by atoms with Crippen LogP contribution in [-0.4, -0.2) is 51.6 Å². The molecule has 0 aliphatic heterocycles. The van der Waals surface area contributed by atoms with Crippen molar-refractivity contribution in [3.05, 3.63) is 21.6 Å². The van der Waals surface area contributed by atoms with E-state index in [1.54, 1.807) is 12.1 Å². The molecule has 1 aromatic carbocycles. The van der Waals surface area contributed by atoms with Crippen molar-refractivity contribution in [2.75, 3.05) is 37.5 Å². The number of nitrogens with zero attached hydrogens (tertiary/aromatic N) is 1. The van der Waals surface area contributed by atoms with Crippen LogP contribution in [0.25, 0.3) is 0 Å². The van der Waals surface area contributed by atoms with Crippen molar-refractivity contribution in [3.63, 3.8) is 0 Å². The lowest BCUT2D eigenvalue weighted by Gasteiger charge is -2.19. The molecule has 0 spiro atoms. The summed E-state index contributed by atoms with van der Waals surface area (Å²) in [5.74, 6) is 0.367. The van der Waals surface area contributed by atoms with Crippen LogP contribution in [-0.2, 0) is 9.84 Å². The molecule has 9 heteroatoms. The van der Waals surface area contributed by atoms with Gasteiger partial charge >= 0.3 is 6.03 Å². The van der Waals surface area contributed by atoms with Crippen molar-refractivity contribution in [3.8, 4) is 5.75 Å². The highest BCUT2D eigenvalue weighted by atomic mass is 79.9. The van der Waals surface area contributed by atoms with Crippen molar-refractivity contribution < 1.29 is 17.9 Å². The molecule has 0 atom stereocenters. The van der Waals surface area contributed by atoms with E-state index in [9.17, 15) is 13.2 Å². The zero-order valence-corrected chi connectivity index (χ0v) is 15.7. The Morgan fingerprint density at radius 3 is 2.64 bits per heavy atom. The first kappa shape index (κ1) is 19.1. The number of rotatable bonds is 6. The minimum atomic E-state index is -3.13. The minimum Gasteiger partial charge on any atom is -0.491 e. The topological polar surface area (TPSA) is 75.7 Å². The molecule has 0 radical (unpaired) electrons. The Kier molecular flexibility index (Phi) is 6.96. The molecule has 0 aliphatic rings. The van der Waals surface area contributed by atoms with Crippen molar-refractivity contribution in [1.29, 1.82) is 0 Å². The number of sulfone groups is 1. The quantitative estimate of drug-likeness (QED) is 0.778. The largest absolute Gasteiger partial charge is 0.491 e. The lowest BCUT2D eigenvalue weighted by atomic mass is 10.3. The van der Waals surface area contributed by atoms with Crippen LogP contribution in [0.1, 0.15) is 6.92 Å². The number of urea groups is 1. The second-order valence-electron chi connectivity index (χ2n) is 4.68. The summed E-state index contributed by atoms with van der Waals surface area (Å²) < 4.78 is 28.4. The highest BCUT2D eigenvalue weighted by molar-refractivity contribution is 9.10. The first-order chi connectivity index (χ1) is 10.1. The summed E-state index contributed by atoms with van der Waals surface area (Å²) in [6.45, 7) is 2.34. The third kappa shape index (κ3) is 6.02. The second-order valence-corrected chi connectivity index (χ2v) is 8.23. The summed E-state index contributed by atoms with van der Waals surface area (Å²) in [6.07, 6.45) is 1.13. The monoisotopic (exact) mass is 412 g/mol. The molecular formula is C13H18BrClN2O4S. The molecule has 1 aromatic rings. The van der Waals surface area contributed by atoms with Gasteiger partial charge in [0.05, 0.1) is 22.5 Å². The lowest BCUT2D eigenvalue weighted by Crippen LogP contribution is -2.35. The fraction of sp³-hybridized carbons (Fsp3) is 0.462.